The number of carbonyl (C=O) groups excluding carboxylic acids is 2. The second kappa shape index (κ2) is 15.6. The Morgan fingerprint density at radius 3 is 2.31 bits per heavy atom. The maximum absolute atomic E-state index is 12.6. The number of nitrogens with zero attached hydrogens (tertiary/aromatic N) is 4. The van der Waals surface area contributed by atoms with Crippen molar-refractivity contribution in [2.75, 3.05) is 22.1 Å². The van der Waals surface area contributed by atoms with Crippen molar-refractivity contribution in [3.63, 3.8) is 0 Å². The second-order valence-electron chi connectivity index (χ2n) is 10.8. The van der Waals surface area contributed by atoms with Crippen molar-refractivity contribution in [1.82, 2.24) is 20.2 Å². The lowest BCUT2D eigenvalue weighted by molar-refractivity contribution is -0.245. The van der Waals surface area contributed by atoms with Crippen LogP contribution in [0.15, 0.2) is 78.0 Å². The van der Waals surface area contributed by atoms with Crippen molar-refractivity contribution >= 4 is 40.6 Å². The van der Waals surface area contributed by atoms with Gasteiger partial charge in [-0.2, -0.15) is 0 Å². The number of amides is 2. The Balaban J connectivity index is 1.13. The van der Waals surface area contributed by atoms with Crippen molar-refractivity contribution in [2.45, 2.75) is 62.4 Å². The van der Waals surface area contributed by atoms with Gasteiger partial charge in [0.2, 0.25) is 17.0 Å². The van der Waals surface area contributed by atoms with Crippen LogP contribution in [0.4, 0.5) is 17.1 Å². The van der Waals surface area contributed by atoms with E-state index in [0.29, 0.717) is 60.1 Å². The van der Waals surface area contributed by atoms with Gasteiger partial charge in [-0.3, -0.25) is 9.59 Å². The predicted octanol–water partition coefficient (Wildman–Crippen LogP) is 4.76. The van der Waals surface area contributed by atoms with E-state index in [1.165, 1.54) is 11.8 Å². The quantitative estimate of drug-likeness (QED) is 0.0918. The Hall–Kier alpha value is -4.30. The number of hydrogen-bond donors (Lipinski definition) is 4. The van der Waals surface area contributed by atoms with Gasteiger partial charge in [0, 0.05) is 43.3 Å². The molecule has 12 nitrogen and oxygen atoms in total. The number of benzene rings is 3. The third kappa shape index (κ3) is 9.11. The molecule has 236 valence electrons. The minimum absolute atomic E-state index is 0.0206. The average molecular weight is 632 g/mol. The number of hydrogen-bond acceptors (Lipinski definition) is 10. The Morgan fingerprint density at radius 2 is 1.64 bits per heavy atom. The number of nitrogens with one attached hydrogen (secondary N) is 2. The molecule has 0 bridgehead atoms. The molecule has 0 radical (unpaired) electrons. The van der Waals surface area contributed by atoms with E-state index in [9.17, 15) is 14.7 Å². The zero-order valence-electron chi connectivity index (χ0n) is 25.0. The number of unbranched alkanes of at least 4 members (excludes halogenated alkanes) is 1. The van der Waals surface area contributed by atoms with Crippen LogP contribution in [0.2, 0.25) is 0 Å². The van der Waals surface area contributed by atoms with Gasteiger partial charge < -0.3 is 30.9 Å². The summed E-state index contributed by atoms with van der Waals surface area (Å²) in [7, 11) is 1.80. The summed E-state index contributed by atoms with van der Waals surface area (Å²) in [4.78, 5) is 24.8. The summed E-state index contributed by atoms with van der Waals surface area (Å²) in [6.45, 7) is -0.0206. The van der Waals surface area contributed by atoms with Crippen LogP contribution in [0, 0.1) is 0 Å². The van der Waals surface area contributed by atoms with Gasteiger partial charge in [-0.25, -0.2) is 4.68 Å². The van der Waals surface area contributed by atoms with Crippen molar-refractivity contribution in [2.24, 2.45) is 7.05 Å². The monoisotopic (exact) mass is 631 g/mol. The van der Waals surface area contributed by atoms with E-state index in [0.717, 1.165) is 16.7 Å². The fourth-order valence-corrected chi connectivity index (χ4v) is 5.74. The Kier molecular flexibility index (Phi) is 11.1. The number of aryl methyl sites for hydroxylation is 1. The van der Waals surface area contributed by atoms with Gasteiger partial charge >= 0.3 is 0 Å². The zero-order valence-corrected chi connectivity index (χ0v) is 25.8. The first kappa shape index (κ1) is 32.1. The summed E-state index contributed by atoms with van der Waals surface area (Å²) in [6.07, 6.45) is 1.43. The molecule has 2 amide bonds. The summed E-state index contributed by atoms with van der Waals surface area (Å²) < 4.78 is 14.4. The first-order valence-electron chi connectivity index (χ1n) is 14.8. The predicted molar refractivity (Wildman–Crippen MR) is 171 cm³/mol. The second-order valence-corrected chi connectivity index (χ2v) is 11.7. The van der Waals surface area contributed by atoms with E-state index < -0.39 is 6.29 Å². The third-order valence-electron chi connectivity index (χ3n) is 7.35. The Labute approximate surface area is 265 Å². The van der Waals surface area contributed by atoms with E-state index in [4.69, 9.17) is 15.2 Å². The summed E-state index contributed by atoms with van der Waals surface area (Å²) in [5.74, 6) is 0.379. The smallest absolute Gasteiger partial charge is 0.224 e. The number of rotatable bonds is 13. The molecule has 5 rings (SSSR count). The van der Waals surface area contributed by atoms with Crippen LogP contribution in [-0.2, 0) is 32.7 Å². The highest BCUT2D eigenvalue weighted by atomic mass is 32.2. The molecule has 45 heavy (non-hydrogen) atoms. The number of nitrogens with two attached hydrogens (primary N) is 1. The van der Waals surface area contributed by atoms with Crippen molar-refractivity contribution < 1.29 is 24.2 Å². The molecule has 1 aromatic heterocycles. The first-order chi connectivity index (χ1) is 21.9. The molecule has 13 heteroatoms. The molecular weight excluding hydrogens is 594 g/mol. The molecule has 3 aromatic carbocycles. The molecular formula is C32H37N7O5S. The van der Waals surface area contributed by atoms with E-state index in [1.54, 1.807) is 23.9 Å². The van der Waals surface area contributed by atoms with E-state index >= 15 is 0 Å². The summed E-state index contributed by atoms with van der Waals surface area (Å²) in [5, 5.41) is 27.5. The van der Waals surface area contributed by atoms with Crippen LogP contribution < -0.4 is 16.4 Å². The lowest BCUT2D eigenvalue weighted by Gasteiger charge is -2.36. The molecule has 1 saturated heterocycles. The largest absolute Gasteiger partial charge is 0.397 e. The minimum Gasteiger partial charge on any atom is -0.397 e. The lowest BCUT2D eigenvalue weighted by Crippen LogP contribution is -2.31. The van der Waals surface area contributed by atoms with E-state index in [1.807, 2.05) is 60.7 Å². The number of nitrogen functional groups attached to an aromatic ring is 1. The molecule has 0 spiro atoms. The maximum atomic E-state index is 12.6. The van der Waals surface area contributed by atoms with E-state index in [-0.39, 0.29) is 30.6 Å². The zero-order chi connectivity index (χ0) is 31.6. The fourth-order valence-electron chi connectivity index (χ4n) is 4.88. The number of carbonyl (C=O) groups is 2. The van der Waals surface area contributed by atoms with Crippen LogP contribution in [0.3, 0.4) is 0 Å². The number of para-hydroxylation sites is 2. The molecule has 4 aromatic rings. The van der Waals surface area contributed by atoms with Crippen LogP contribution in [0.1, 0.15) is 61.2 Å². The third-order valence-corrected chi connectivity index (χ3v) is 8.50. The van der Waals surface area contributed by atoms with Gasteiger partial charge in [0.25, 0.3) is 0 Å². The van der Waals surface area contributed by atoms with Gasteiger partial charge in [-0.15, -0.1) is 5.10 Å². The summed E-state index contributed by atoms with van der Waals surface area (Å²) >= 11 is 1.52. The molecule has 1 fully saturated rings. The Morgan fingerprint density at radius 1 is 0.956 bits per heavy atom. The Bertz CT molecular complexity index is 1560. The normalized spacial score (nSPS) is 18.0. The average Bonchev–Trinajstić information content (AvgIpc) is 3.47. The van der Waals surface area contributed by atoms with Gasteiger partial charge in [-0.1, -0.05) is 60.3 Å². The lowest BCUT2D eigenvalue weighted by atomic mass is 10.0. The minimum atomic E-state index is -0.619. The molecule has 0 saturated carbocycles. The molecule has 1 aliphatic rings. The van der Waals surface area contributed by atoms with Crippen LogP contribution in [0.25, 0.3) is 0 Å². The number of thioether (sulfide) groups is 1. The molecule has 0 aliphatic carbocycles. The highest BCUT2D eigenvalue weighted by molar-refractivity contribution is 7.99. The fraction of sp³-hybridized carbons (Fsp3) is 0.344. The van der Waals surface area contributed by atoms with Gasteiger partial charge in [0.05, 0.1) is 30.2 Å². The number of anilines is 3. The molecule has 1 aliphatic heterocycles. The molecule has 3 atom stereocenters. The number of aliphatic hydroxyl groups excluding tert-OH is 1. The number of ether oxygens (including phenoxy) is 2. The number of aliphatic hydroxyl groups is 1. The summed E-state index contributed by atoms with van der Waals surface area (Å²) in [6, 6.07) is 22.3. The number of aromatic nitrogens is 4. The first-order valence-corrected chi connectivity index (χ1v) is 15.8. The van der Waals surface area contributed by atoms with Crippen molar-refractivity contribution in [1.29, 1.82) is 0 Å². The van der Waals surface area contributed by atoms with Gasteiger partial charge in [0.15, 0.2) is 6.29 Å². The molecule has 0 unspecified atom stereocenters. The topological polar surface area (TPSA) is 167 Å². The highest BCUT2D eigenvalue weighted by Crippen LogP contribution is 2.39. The summed E-state index contributed by atoms with van der Waals surface area (Å²) in [5.41, 5.74) is 10.3. The number of tetrazole rings is 1. The van der Waals surface area contributed by atoms with Crippen molar-refractivity contribution in [3.05, 3.63) is 89.5 Å². The van der Waals surface area contributed by atoms with Crippen LogP contribution >= 0.6 is 11.8 Å². The standard InChI is InChI=1S/C32H37N7O5S/c1-39-32(36-37-38-39)45-20-25-18-28(22-12-10-21(19-40)11-13-22)44-31(43-25)23-14-16-24(17-15-23)34-29(41)8-4-5-9-30(42)35-27-7-3-2-6-26(27)33/h2-3,6-7,10-17,25,28,31,40H,4-5,8-9,18-20,33H2,1H3,(H,34,41)(H,35,42)/t25-,28+,31+/m1/s1. The highest BCUT2D eigenvalue weighted by Gasteiger charge is 2.32. The van der Waals surface area contributed by atoms with Crippen LogP contribution in [-0.4, -0.2) is 49.0 Å². The molecule has 2 heterocycles. The van der Waals surface area contributed by atoms with Gasteiger partial charge in [-0.05, 0) is 58.7 Å². The SMILES string of the molecule is Cn1nnnc1SC[C@H]1C[C@@H](c2ccc(CO)cc2)O[C@@H](c2ccc(NC(=O)CCCCC(=O)Nc3ccccc3N)cc2)O1. The van der Waals surface area contributed by atoms with Crippen LogP contribution in [0.5, 0.6) is 0 Å². The molecule has 5 N–H and O–H groups in total. The van der Waals surface area contributed by atoms with E-state index in [2.05, 4.69) is 26.2 Å². The van der Waals surface area contributed by atoms with Crippen molar-refractivity contribution in [3.8, 4) is 0 Å². The van der Waals surface area contributed by atoms with Gasteiger partial charge in [0.1, 0.15) is 0 Å². The maximum Gasteiger partial charge on any atom is 0.224 e.